The van der Waals surface area contributed by atoms with Gasteiger partial charge in [0, 0.05) is 28.9 Å². The van der Waals surface area contributed by atoms with E-state index in [9.17, 15) is 39.9 Å². The van der Waals surface area contributed by atoms with Crippen LogP contribution in [0.25, 0.3) is 5.76 Å². The summed E-state index contributed by atoms with van der Waals surface area (Å²) in [6, 6.07) is 3.35. The number of amides is 1. The van der Waals surface area contributed by atoms with Crippen molar-refractivity contribution in [1.82, 2.24) is 4.90 Å². The maximum atomic E-state index is 13.8. The SMILES string of the molecule is CN(C)[C@@H]1[C@@H](O)[C@H](C(N)=O)C(=O)[C@@]2(O)C(=O)C3=C(O)c4c(O)cccc4C(C)(C)[C@H]3[C@H](O)[C@@H]12. The molecule has 3 aliphatic carbocycles. The highest BCUT2D eigenvalue weighted by atomic mass is 16.3. The number of likely N-dealkylation sites (N-methyl/N-ethyl adjacent to an activating group) is 1. The number of carbonyl (C=O) groups is 3. The van der Waals surface area contributed by atoms with Gasteiger partial charge in [0.25, 0.3) is 0 Å². The second-order valence-electron chi connectivity index (χ2n) is 9.96. The number of nitrogens with zero attached hydrogens (tertiary/aromatic N) is 1. The van der Waals surface area contributed by atoms with Gasteiger partial charge in [0.1, 0.15) is 17.4 Å². The molecular weight excluding hydrogens is 432 g/mol. The fourth-order valence-electron chi connectivity index (χ4n) is 6.25. The molecule has 0 radical (unpaired) electrons. The van der Waals surface area contributed by atoms with Crippen molar-refractivity contribution in [2.24, 2.45) is 23.5 Å². The second kappa shape index (κ2) is 7.10. The predicted octanol–water partition coefficient (Wildman–Crippen LogP) is -1.17. The zero-order chi connectivity index (χ0) is 24.8. The number of phenols is 1. The Balaban J connectivity index is 2.05. The van der Waals surface area contributed by atoms with Crippen LogP contribution in [0.4, 0.5) is 0 Å². The van der Waals surface area contributed by atoms with Crippen molar-refractivity contribution in [2.45, 2.75) is 43.1 Å². The van der Waals surface area contributed by atoms with E-state index >= 15 is 0 Å². The van der Waals surface area contributed by atoms with Crippen LogP contribution in [-0.4, -0.2) is 85.9 Å². The van der Waals surface area contributed by atoms with Crippen molar-refractivity contribution < 1.29 is 39.9 Å². The molecule has 1 amide bonds. The Hall–Kier alpha value is -2.79. The number of carbonyl (C=O) groups excluding carboxylic acids is 3. The van der Waals surface area contributed by atoms with Crippen LogP contribution in [0, 0.1) is 17.8 Å². The average molecular weight is 460 g/mol. The molecule has 0 aromatic heterocycles. The van der Waals surface area contributed by atoms with Crippen molar-refractivity contribution in [1.29, 1.82) is 0 Å². The summed E-state index contributed by atoms with van der Waals surface area (Å²) < 4.78 is 0. The highest BCUT2D eigenvalue weighted by Crippen LogP contribution is 2.57. The van der Waals surface area contributed by atoms with Crippen LogP contribution in [0.5, 0.6) is 5.75 Å². The number of ketones is 2. The van der Waals surface area contributed by atoms with Gasteiger partial charge in [0.2, 0.25) is 11.7 Å². The lowest BCUT2D eigenvalue weighted by Gasteiger charge is -2.58. The Labute approximate surface area is 189 Å². The number of benzene rings is 1. The van der Waals surface area contributed by atoms with E-state index in [1.54, 1.807) is 26.0 Å². The molecule has 3 aliphatic rings. The van der Waals surface area contributed by atoms with Crippen LogP contribution in [0.15, 0.2) is 23.8 Å². The van der Waals surface area contributed by atoms with Gasteiger partial charge < -0.3 is 36.2 Å². The monoisotopic (exact) mass is 460 g/mol. The third-order valence-electron chi connectivity index (χ3n) is 7.72. The molecular formula is C23H28N2O8. The van der Waals surface area contributed by atoms with Crippen LogP contribution in [-0.2, 0) is 19.8 Å². The average Bonchev–Trinajstić information content (AvgIpc) is 2.70. The minimum Gasteiger partial charge on any atom is -0.507 e. The maximum absolute atomic E-state index is 13.8. The van der Waals surface area contributed by atoms with E-state index in [1.807, 2.05) is 0 Å². The summed E-state index contributed by atoms with van der Waals surface area (Å²) in [6.45, 7) is 3.42. The lowest BCUT2D eigenvalue weighted by molar-refractivity contribution is -0.200. The number of phenolic OH excluding ortho intramolecular Hbond substituents is 1. The molecule has 2 saturated carbocycles. The Morgan fingerprint density at radius 2 is 1.70 bits per heavy atom. The number of aromatic hydroxyl groups is 1. The van der Waals surface area contributed by atoms with Crippen LogP contribution in [0.3, 0.4) is 0 Å². The number of Topliss-reactive ketones (excluding diaryl/α,β-unsaturated/α-hetero) is 2. The third-order valence-corrected chi connectivity index (χ3v) is 7.72. The lowest BCUT2D eigenvalue weighted by atomic mass is 9.49. The van der Waals surface area contributed by atoms with E-state index in [2.05, 4.69) is 0 Å². The van der Waals surface area contributed by atoms with Gasteiger partial charge in [-0.25, -0.2) is 0 Å². The molecule has 0 bridgehead atoms. The van der Waals surface area contributed by atoms with E-state index in [-0.39, 0.29) is 11.3 Å². The fraction of sp³-hybridized carbons (Fsp3) is 0.522. The molecule has 178 valence electrons. The minimum atomic E-state index is -2.93. The van der Waals surface area contributed by atoms with Crippen LogP contribution in [0.1, 0.15) is 25.0 Å². The summed E-state index contributed by atoms with van der Waals surface area (Å²) in [6.07, 6.45) is -3.27. The molecule has 7 atom stereocenters. The van der Waals surface area contributed by atoms with Crippen LogP contribution < -0.4 is 5.73 Å². The van der Waals surface area contributed by atoms with Crippen molar-refractivity contribution in [3.05, 3.63) is 34.9 Å². The zero-order valence-electron chi connectivity index (χ0n) is 18.7. The van der Waals surface area contributed by atoms with Gasteiger partial charge in [0.05, 0.1) is 17.8 Å². The summed E-state index contributed by atoms with van der Waals surface area (Å²) in [5, 5.41) is 55.5. The number of hydrogen-bond acceptors (Lipinski definition) is 9. The minimum absolute atomic E-state index is 0.0322. The highest BCUT2D eigenvalue weighted by molar-refractivity contribution is 6.25. The van der Waals surface area contributed by atoms with E-state index in [1.165, 1.54) is 25.1 Å². The van der Waals surface area contributed by atoms with Crippen molar-refractivity contribution in [2.75, 3.05) is 14.1 Å². The Morgan fingerprint density at radius 3 is 2.24 bits per heavy atom. The lowest BCUT2D eigenvalue weighted by Crippen LogP contribution is -2.77. The van der Waals surface area contributed by atoms with Gasteiger partial charge in [-0.3, -0.25) is 14.4 Å². The smallest absolute Gasteiger partial charge is 0.230 e. The third kappa shape index (κ3) is 2.72. The first-order valence-electron chi connectivity index (χ1n) is 10.6. The summed E-state index contributed by atoms with van der Waals surface area (Å²) >= 11 is 0. The first kappa shape index (κ1) is 23.4. The molecule has 0 unspecified atom stereocenters. The van der Waals surface area contributed by atoms with Crippen LogP contribution >= 0.6 is 0 Å². The van der Waals surface area contributed by atoms with E-state index in [4.69, 9.17) is 5.73 Å². The molecule has 2 fully saturated rings. The molecule has 33 heavy (non-hydrogen) atoms. The van der Waals surface area contributed by atoms with Gasteiger partial charge >= 0.3 is 0 Å². The Kier molecular flexibility index (Phi) is 5.03. The zero-order valence-corrected chi connectivity index (χ0v) is 18.7. The number of rotatable bonds is 2. The van der Waals surface area contributed by atoms with Gasteiger partial charge in [-0.2, -0.15) is 0 Å². The summed E-state index contributed by atoms with van der Waals surface area (Å²) in [5.41, 5.74) is 1.40. The fourth-order valence-corrected chi connectivity index (χ4v) is 6.25. The maximum Gasteiger partial charge on any atom is 0.230 e. The summed E-state index contributed by atoms with van der Waals surface area (Å²) in [5.74, 6) is -9.19. The quantitative estimate of drug-likeness (QED) is 0.296. The largest absolute Gasteiger partial charge is 0.507 e. The molecule has 0 aliphatic heterocycles. The molecule has 10 heteroatoms. The molecule has 7 N–H and O–H groups in total. The molecule has 1 aromatic rings. The molecule has 10 nitrogen and oxygen atoms in total. The Bertz CT molecular complexity index is 1110. The standard InChI is InChI=1S/C23H28N2O8/c1-22(2)8-6-5-7-9(26)10(8)16(27)11-13(22)18(29)14-15(25(3)4)17(28)12(21(24)32)20(31)23(14,33)19(11)30/h5-7,12-15,17-18,26-29,33H,1-4H3,(H2,24,32)/t12-,13+,14+,15-,17-,18-,23-/m0/s1. The summed E-state index contributed by atoms with van der Waals surface area (Å²) in [4.78, 5) is 40.6. The number of hydrogen-bond donors (Lipinski definition) is 6. The molecule has 0 spiro atoms. The van der Waals surface area contributed by atoms with E-state index < -0.39 is 75.8 Å². The van der Waals surface area contributed by atoms with Crippen molar-refractivity contribution in [3.63, 3.8) is 0 Å². The number of fused-ring (bicyclic) bond motifs is 3. The molecule has 4 rings (SSSR count). The highest BCUT2D eigenvalue weighted by Gasteiger charge is 2.72. The first-order chi connectivity index (χ1) is 15.2. The number of aliphatic hydroxyl groups is 4. The van der Waals surface area contributed by atoms with E-state index in [0.29, 0.717) is 5.56 Å². The number of aliphatic hydroxyl groups excluding tert-OH is 3. The van der Waals surface area contributed by atoms with Gasteiger partial charge in [-0.15, -0.1) is 0 Å². The van der Waals surface area contributed by atoms with Gasteiger partial charge in [-0.05, 0) is 25.7 Å². The Morgan fingerprint density at radius 1 is 1.09 bits per heavy atom. The van der Waals surface area contributed by atoms with E-state index in [0.717, 1.165) is 0 Å². The van der Waals surface area contributed by atoms with Crippen molar-refractivity contribution in [3.8, 4) is 5.75 Å². The van der Waals surface area contributed by atoms with Gasteiger partial charge in [-0.1, -0.05) is 26.0 Å². The first-order valence-corrected chi connectivity index (χ1v) is 10.6. The number of nitrogens with two attached hydrogens (primary N) is 1. The van der Waals surface area contributed by atoms with Crippen molar-refractivity contribution >= 4 is 23.2 Å². The normalized spacial score (nSPS) is 37.5. The van der Waals surface area contributed by atoms with Crippen LogP contribution in [0.2, 0.25) is 0 Å². The van der Waals surface area contributed by atoms with Gasteiger partial charge in [0.15, 0.2) is 11.4 Å². The summed E-state index contributed by atoms with van der Waals surface area (Å²) in [7, 11) is 3.03. The predicted molar refractivity (Wildman–Crippen MR) is 115 cm³/mol. The molecule has 1 aromatic carbocycles. The molecule has 0 heterocycles. The second-order valence-corrected chi connectivity index (χ2v) is 9.96. The number of primary amides is 1. The topological polar surface area (TPSA) is 182 Å². The molecule has 0 saturated heterocycles.